The lowest BCUT2D eigenvalue weighted by molar-refractivity contribution is 0.149. The van der Waals surface area contributed by atoms with E-state index < -0.39 is 0 Å². The average Bonchev–Trinajstić information content (AvgIpc) is 3.15. The van der Waals surface area contributed by atoms with Gasteiger partial charge in [-0.15, -0.1) is 0 Å². The van der Waals surface area contributed by atoms with Crippen molar-refractivity contribution in [3.63, 3.8) is 0 Å². The summed E-state index contributed by atoms with van der Waals surface area (Å²) in [6.07, 6.45) is 11.8. The van der Waals surface area contributed by atoms with Gasteiger partial charge in [0.05, 0.1) is 0 Å². The van der Waals surface area contributed by atoms with Crippen LogP contribution in [0.15, 0.2) is 0 Å². The van der Waals surface area contributed by atoms with E-state index in [2.05, 4.69) is 19.2 Å². The zero-order valence-electron chi connectivity index (χ0n) is 11.9. The molecular formula is C16H31N. The minimum Gasteiger partial charge on any atom is -0.316 e. The van der Waals surface area contributed by atoms with Crippen molar-refractivity contribution in [3.8, 4) is 0 Å². The second-order valence-electron chi connectivity index (χ2n) is 6.43. The van der Waals surface area contributed by atoms with Crippen LogP contribution in [0.25, 0.3) is 0 Å². The quantitative estimate of drug-likeness (QED) is 0.653. The Morgan fingerprint density at radius 3 is 2.47 bits per heavy atom. The molecule has 0 aromatic rings. The zero-order valence-corrected chi connectivity index (χ0v) is 11.9. The van der Waals surface area contributed by atoms with Crippen LogP contribution < -0.4 is 5.32 Å². The van der Waals surface area contributed by atoms with Crippen LogP contribution in [0.3, 0.4) is 0 Å². The molecule has 0 bridgehead atoms. The number of nitrogens with one attached hydrogen (secondary N) is 1. The van der Waals surface area contributed by atoms with Crippen LogP contribution in [-0.4, -0.2) is 13.1 Å². The van der Waals surface area contributed by atoms with Crippen LogP contribution >= 0.6 is 0 Å². The highest BCUT2D eigenvalue weighted by Gasteiger charge is 2.39. The molecule has 2 aliphatic rings. The third-order valence-electron chi connectivity index (χ3n) is 4.91. The Labute approximate surface area is 108 Å². The molecule has 0 aromatic heterocycles. The van der Waals surface area contributed by atoms with Crippen molar-refractivity contribution in [2.45, 2.75) is 65.2 Å². The summed E-state index contributed by atoms with van der Waals surface area (Å²) in [6, 6.07) is 0. The summed E-state index contributed by atoms with van der Waals surface area (Å²) in [5.74, 6) is 4.25. The van der Waals surface area contributed by atoms with Crippen molar-refractivity contribution in [3.05, 3.63) is 0 Å². The van der Waals surface area contributed by atoms with Gasteiger partial charge in [-0.2, -0.15) is 0 Å². The highest BCUT2D eigenvalue weighted by molar-refractivity contribution is 4.90. The Kier molecular flexibility index (Phi) is 5.34. The molecule has 17 heavy (non-hydrogen) atoms. The first-order valence-corrected chi connectivity index (χ1v) is 8.05. The molecular weight excluding hydrogens is 206 g/mol. The molecule has 0 aromatic carbocycles. The Morgan fingerprint density at radius 1 is 1.00 bits per heavy atom. The Balaban J connectivity index is 1.79. The molecule has 2 fully saturated rings. The fourth-order valence-electron chi connectivity index (χ4n) is 3.85. The molecule has 0 spiro atoms. The molecule has 2 aliphatic carbocycles. The van der Waals surface area contributed by atoms with E-state index in [9.17, 15) is 0 Å². The third kappa shape index (κ3) is 3.98. The highest BCUT2D eigenvalue weighted by Crippen LogP contribution is 2.48. The van der Waals surface area contributed by atoms with Gasteiger partial charge in [0.2, 0.25) is 0 Å². The second-order valence-corrected chi connectivity index (χ2v) is 6.43. The Hall–Kier alpha value is -0.0400. The maximum atomic E-state index is 3.66. The molecule has 1 nitrogen and oxygen atoms in total. The molecule has 0 saturated heterocycles. The van der Waals surface area contributed by atoms with Crippen molar-refractivity contribution in [2.24, 2.45) is 23.7 Å². The lowest BCUT2D eigenvalue weighted by atomic mass is 9.70. The molecule has 1 N–H and O–H groups in total. The van der Waals surface area contributed by atoms with Gasteiger partial charge in [-0.25, -0.2) is 0 Å². The van der Waals surface area contributed by atoms with E-state index in [-0.39, 0.29) is 0 Å². The lowest BCUT2D eigenvalue weighted by Gasteiger charge is -2.37. The van der Waals surface area contributed by atoms with Gasteiger partial charge in [0, 0.05) is 0 Å². The number of rotatable bonds is 7. The average molecular weight is 237 g/mol. The van der Waals surface area contributed by atoms with Gasteiger partial charge >= 0.3 is 0 Å². The summed E-state index contributed by atoms with van der Waals surface area (Å²) < 4.78 is 0. The molecule has 0 radical (unpaired) electrons. The smallest absolute Gasteiger partial charge is 0.00178 e. The van der Waals surface area contributed by atoms with Gasteiger partial charge < -0.3 is 5.32 Å². The normalized spacial score (nSPS) is 33.9. The van der Waals surface area contributed by atoms with Crippen LogP contribution in [0.2, 0.25) is 0 Å². The predicted molar refractivity (Wildman–Crippen MR) is 75.1 cm³/mol. The minimum atomic E-state index is 1.00. The summed E-state index contributed by atoms with van der Waals surface area (Å²) in [5.41, 5.74) is 0. The molecule has 0 aliphatic heterocycles. The first-order valence-electron chi connectivity index (χ1n) is 8.05. The molecule has 2 rings (SSSR count). The van der Waals surface area contributed by atoms with Crippen molar-refractivity contribution in [1.82, 2.24) is 5.32 Å². The Morgan fingerprint density at radius 2 is 1.82 bits per heavy atom. The van der Waals surface area contributed by atoms with Gasteiger partial charge in [-0.1, -0.05) is 33.1 Å². The van der Waals surface area contributed by atoms with E-state index in [0.717, 1.165) is 23.7 Å². The van der Waals surface area contributed by atoms with E-state index in [1.54, 1.807) is 6.42 Å². The summed E-state index contributed by atoms with van der Waals surface area (Å²) in [4.78, 5) is 0. The van der Waals surface area contributed by atoms with E-state index in [0.29, 0.717) is 0 Å². The summed E-state index contributed by atoms with van der Waals surface area (Å²) in [7, 11) is 0. The van der Waals surface area contributed by atoms with Crippen molar-refractivity contribution < 1.29 is 0 Å². The van der Waals surface area contributed by atoms with E-state index in [1.165, 1.54) is 58.0 Å². The second kappa shape index (κ2) is 6.78. The van der Waals surface area contributed by atoms with Crippen LogP contribution in [0.4, 0.5) is 0 Å². The molecule has 2 saturated carbocycles. The van der Waals surface area contributed by atoms with Crippen LogP contribution in [0, 0.1) is 23.7 Å². The van der Waals surface area contributed by atoms with Gasteiger partial charge in [0.15, 0.2) is 0 Å². The fourth-order valence-corrected chi connectivity index (χ4v) is 3.85. The zero-order chi connectivity index (χ0) is 12.1. The third-order valence-corrected chi connectivity index (χ3v) is 4.91. The molecule has 3 atom stereocenters. The van der Waals surface area contributed by atoms with Gasteiger partial charge in [0.1, 0.15) is 0 Å². The summed E-state index contributed by atoms with van der Waals surface area (Å²) in [5, 5.41) is 3.66. The molecule has 100 valence electrons. The van der Waals surface area contributed by atoms with Gasteiger partial charge in [-0.05, 0) is 68.9 Å². The highest BCUT2D eigenvalue weighted by atomic mass is 14.9. The SMILES string of the molecule is CCCNCC1CCC(CCC)CC1C1CC1. The van der Waals surface area contributed by atoms with Crippen LogP contribution in [-0.2, 0) is 0 Å². The maximum Gasteiger partial charge on any atom is -0.00178 e. The van der Waals surface area contributed by atoms with Crippen molar-refractivity contribution >= 4 is 0 Å². The largest absolute Gasteiger partial charge is 0.316 e. The first-order chi connectivity index (χ1) is 8.35. The van der Waals surface area contributed by atoms with Crippen LogP contribution in [0.5, 0.6) is 0 Å². The lowest BCUT2D eigenvalue weighted by Crippen LogP contribution is -2.34. The molecule has 1 heteroatoms. The minimum absolute atomic E-state index is 1.00. The van der Waals surface area contributed by atoms with Crippen molar-refractivity contribution in [1.29, 1.82) is 0 Å². The predicted octanol–water partition coefficient (Wildman–Crippen LogP) is 4.23. The molecule has 0 amide bonds. The van der Waals surface area contributed by atoms with Crippen molar-refractivity contribution in [2.75, 3.05) is 13.1 Å². The van der Waals surface area contributed by atoms with E-state index in [4.69, 9.17) is 0 Å². The first kappa shape index (κ1) is 13.4. The maximum absolute atomic E-state index is 3.66. The number of hydrogen-bond donors (Lipinski definition) is 1. The summed E-state index contributed by atoms with van der Waals surface area (Å²) in [6.45, 7) is 7.13. The monoisotopic (exact) mass is 237 g/mol. The topological polar surface area (TPSA) is 12.0 Å². The standard InChI is InChI=1S/C16H31N/c1-3-5-13-6-7-15(12-17-10-4-2)16(11-13)14-8-9-14/h13-17H,3-12H2,1-2H3. The van der Waals surface area contributed by atoms with Crippen LogP contribution in [0.1, 0.15) is 65.2 Å². The fraction of sp³-hybridized carbons (Fsp3) is 1.00. The molecule has 0 heterocycles. The van der Waals surface area contributed by atoms with E-state index in [1.807, 2.05) is 0 Å². The molecule has 3 unspecified atom stereocenters. The van der Waals surface area contributed by atoms with E-state index >= 15 is 0 Å². The van der Waals surface area contributed by atoms with Gasteiger partial charge in [-0.3, -0.25) is 0 Å². The van der Waals surface area contributed by atoms with Gasteiger partial charge in [0.25, 0.3) is 0 Å². The number of hydrogen-bond acceptors (Lipinski definition) is 1. The Bertz CT molecular complexity index is 210. The summed E-state index contributed by atoms with van der Waals surface area (Å²) >= 11 is 0.